The van der Waals surface area contributed by atoms with Crippen LogP contribution in [0.15, 0.2) is 83.9 Å². The van der Waals surface area contributed by atoms with Crippen LogP contribution in [0.1, 0.15) is 79.8 Å². The Bertz CT molecular complexity index is 2830. The highest BCUT2D eigenvalue weighted by atomic mass is 32.2. The summed E-state index contributed by atoms with van der Waals surface area (Å²) in [6, 6.07) is 22.2. The molecule has 7 heterocycles. The van der Waals surface area contributed by atoms with Gasteiger partial charge in [-0.05, 0) is 137 Å². The lowest BCUT2D eigenvalue weighted by Gasteiger charge is -2.57. The molecule has 4 saturated heterocycles. The first-order chi connectivity index (χ1) is 32.4. The van der Waals surface area contributed by atoms with Gasteiger partial charge in [-0.2, -0.15) is 4.98 Å². The lowest BCUT2D eigenvalue weighted by Crippen LogP contribution is -2.58. The van der Waals surface area contributed by atoms with Crippen molar-refractivity contribution >= 4 is 55.4 Å². The number of nitro groups is 1. The minimum absolute atomic E-state index is 0.0522. The fourth-order valence-corrected chi connectivity index (χ4v) is 13.1. The number of fused-ring (bicyclic) bond motifs is 3. The number of carbonyl (C=O) groups excluding carboxylic acids is 1. The number of amides is 1. The Kier molecular flexibility index (Phi) is 11.2. The number of rotatable bonds is 11. The monoisotopic (exact) mass is 930 g/mol. The maximum Gasteiger partial charge on any atom is 0.293 e. The summed E-state index contributed by atoms with van der Waals surface area (Å²) >= 11 is 0. The summed E-state index contributed by atoms with van der Waals surface area (Å²) in [6.45, 7) is 9.87. The molecular formula is C50H58N8O8S. The van der Waals surface area contributed by atoms with Crippen molar-refractivity contribution in [3.8, 4) is 5.88 Å². The Morgan fingerprint density at radius 1 is 0.955 bits per heavy atom. The van der Waals surface area contributed by atoms with Gasteiger partial charge in [0.1, 0.15) is 23.1 Å². The summed E-state index contributed by atoms with van der Waals surface area (Å²) in [4.78, 5) is 41.0. The van der Waals surface area contributed by atoms with Crippen molar-refractivity contribution < 1.29 is 32.3 Å². The Labute approximate surface area is 390 Å². The zero-order valence-electron chi connectivity index (χ0n) is 38.0. The molecule has 0 radical (unpaired) electrons. The van der Waals surface area contributed by atoms with E-state index in [4.69, 9.17) is 19.2 Å². The van der Waals surface area contributed by atoms with Gasteiger partial charge in [0, 0.05) is 67.8 Å². The van der Waals surface area contributed by atoms with Crippen LogP contribution in [0.4, 0.5) is 28.4 Å². The van der Waals surface area contributed by atoms with E-state index in [-0.39, 0.29) is 34.2 Å². The molecule has 3 N–H and O–H groups in total. The molecule has 3 atom stereocenters. The van der Waals surface area contributed by atoms with Crippen LogP contribution in [-0.4, -0.2) is 105 Å². The molecule has 5 fully saturated rings. The second-order valence-corrected chi connectivity index (χ2v) is 21.5. The van der Waals surface area contributed by atoms with Gasteiger partial charge in [0.2, 0.25) is 5.88 Å². The van der Waals surface area contributed by atoms with E-state index in [9.17, 15) is 23.3 Å². The first-order valence-corrected chi connectivity index (χ1v) is 25.3. The number of benzene rings is 3. The Hall–Kier alpha value is -5.75. The normalized spacial score (nSPS) is 24.3. The van der Waals surface area contributed by atoms with Gasteiger partial charge >= 0.3 is 0 Å². The number of aromatic nitrogens is 2. The first-order valence-electron chi connectivity index (χ1n) is 23.8. The topological polar surface area (TPSA) is 184 Å². The third-order valence-corrected chi connectivity index (χ3v) is 17.2. The highest BCUT2D eigenvalue weighted by Gasteiger charge is 2.53. The number of ether oxygens (including phenoxy) is 3. The molecule has 67 heavy (non-hydrogen) atoms. The fraction of sp³-hybridized carbons (Fsp3) is 0.480. The Morgan fingerprint density at radius 2 is 1.76 bits per heavy atom. The molecule has 6 aliphatic rings. The predicted octanol–water partition coefficient (Wildman–Crippen LogP) is 7.79. The van der Waals surface area contributed by atoms with Crippen LogP contribution >= 0.6 is 0 Å². The van der Waals surface area contributed by atoms with Crippen molar-refractivity contribution in [3.63, 3.8) is 0 Å². The maximum absolute atomic E-state index is 14.6. The number of pyridine rings is 1. The van der Waals surface area contributed by atoms with E-state index in [2.05, 4.69) is 62.9 Å². The van der Waals surface area contributed by atoms with Crippen LogP contribution in [0.25, 0.3) is 11.0 Å². The standard InChI is InChI=1S/C50H58N8O8S/c1-32-6-3-4-7-39(32)49(2)15-5-19-56(49)36-27-50(28-36)16-20-55(21-17-50)35-8-10-38(41(25-35)57-43-24-34-12-18-51-46(34)53-48(43)66-45-31-65-30-44(45)57)47(59)54-67(62,63)37-9-11-40(42(26-37)58(60)61)52-29-33-13-22-64-23-14-33/h3-4,6-12,18,24-26,33,36,44-45,52H,5,13-17,19-23,27-31H2,1-2H3,(H,51,53)(H,54,59)/t44-,45-,49+/m1/s1. The minimum Gasteiger partial charge on any atom is -0.468 e. The quantitative estimate of drug-likeness (QED) is 0.0862. The summed E-state index contributed by atoms with van der Waals surface area (Å²) in [7, 11) is -4.59. The molecule has 16 nitrogen and oxygen atoms in total. The van der Waals surface area contributed by atoms with Gasteiger partial charge in [-0.3, -0.25) is 19.8 Å². The second kappa shape index (κ2) is 17.1. The zero-order valence-corrected chi connectivity index (χ0v) is 38.9. The highest BCUT2D eigenvalue weighted by molar-refractivity contribution is 7.90. The molecule has 1 aliphatic carbocycles. The average Bonchev–Trinajstić information content (AvgIpc) is 4.09. The van der Waals surface area contributed by atoms with Crippen molar-refractivity contribution in [1.82, 2.24) is 19.6 Å². The molecule has 11 rings (SSSR count). The van der Waals surface area contributed by atoms with E-state index in [1.165, 1.54) is 48.9 Å². The number of nitrogens with one attached hydrogen (secondary N) is 3. The molecule has 17 heteroatoms. The number of piperidine rings is 1. The van der Waals surface area contributed by atoms with Gasteiger partial charge < -0.3 is 34.3 Å². The smallest absolute Gasteiger partial charge is 0.293 e. The molecule has 1 saturated carbocycles. The number of nitrogens with zero attached hydrogens (tertiary/aromatic N) is 5. The number of likely N-dealkylation sites (tertiary alicyclic amines) is 1. The van der Waals surface area contributed by atoms with Crippen LogP contribution in [-0.2, 0) is 25.0 Å². The highest BCUT2D eigenvalue weighted by Crippen LogP contribution is 2.56. The predicted molar refractivity (Wildman–Crippen MR) is 255 cm³/mol. The third kappa shape index (κ3) is 7.96. The van der Waals surface area contributed by atoms with Gasteiger partial charge in [0.15, 0.2) is 0 Å². The van der Waals surface area contributed by atoms with Crippen molar-refractivity contribution in [1.29, 1.82) is 0 Å². The molecule has 1 spiro atoms. The largest absolute Gasteiger partial charge is 0.468 e. The van der Waals surface area contributed by atoms with Gasteiger partial charge in [-0.15, -0.1) is 0 Å². The third-order valence-electron chi connectivity index (χ3n) is 15.8. The molecule has 0 unspecified atom stereocenters. The second-order valence-electron chi connectivity index (χ2n) is 19.8. The number of sulfonamides is 1. The van der Waals surface area contributed by atoms with Crippen LogP contribution < -0.4 is 24.6 Å². The van der Waals surface area contributed by atoms with Gasteiger partial charge in [0.05, 0.1) is 40.3 Å². The van der Waals surface area contributed by atoms with Crippen molar-refractivity contribution in [2.45, 2.75) is 93.8 Å². The molecule has 5 aromatic rings. The zero-order chi connectivity index (χ0) is 46.1. The summed E-state index contributed by atoms with van der Waals surface area (Å²) < 4.78 is 48.2. The van der Waals surface area contributed by atoms with Crippen molar-refractivity contribution in [2.75, 3.05) is 67.7 Å². The summed E-state index contributed by atoms with van der Waals surface area (Å²) in [5, 5.41) is 16.2. The van der Waals surface area contributed by atoms with Crippen LogP contribution in [0, 0.1) is 28.4 Å². The molecule has 2 aromatic heterocycles. The van der Waals surface area contributed by atoms with E-state index in [1.54, 1.807) is 6.07 Å². The molecule has 1 amide bonds. The van der Waals surface area contributed by atoms with E-state index >= 15 is 0 Å². The van der Waals surface area contributed by atoms with Crippen LogP contribution in [0.3, 0.4) is 0 Å². The van der Waals surface area contributed by atoms with Gasteiger partial charge in [-0.25, -0.2) is 13.1 Å². The van der Waals surface area contributed by atoms with Gasteiger partial charge in [0.25, 0.3) is 21.6 Å². The lowest BCUT2D eigenvalue weighted by atomic mass is 9.59. The number of H-pyrrole nitrogens is 1. The first kappa shape index (κ1) is 43.8. The minimum atomic E-state index is -4.59. The number of carbonyl (C=O) groups is 1. The van der Waals surface area contributed by atoms with E-state index in [0.717, 1.165) is 62.5 Å². The van der Waals surface area contributed by atoms with Crippen molar-refractivity contribution in [3.05, 3.63) is 106 Å². The summed E-state index contributed by atoms with van der Waals surface area (Å²) in [5.74, 6) is -0.225. The van der Waals surface area contributed by atoms with Crippen LogP contribution in [0.2, 0.25) is 0 Å². The number of hydrogen-bond acceptors (Lipinski definition) is 13. The number of nitro benzene ring substituents is 1. The molecule has 352 valence electrons. The van der Waals surface area contributed by atoms with E-state index < -0.39 is 37.5 Å². The molecule has 3 aromatic carbocycles. The lowest BCUT2D eigenvalue weighted by molar-refractivity contribution is -0.384. The SMILES string of the molecule is Cc1ccccc1[C@]1(C)CCCN1C1CC2(CCN(c3ccc(C(=O)NS(=O)(=O)c4ccc(NCC5CCOCC5)c([N+](=O)[O-])c4)c(N4c5cc6cc[nH]c6nc5O[C@@H]5COC[C@H]54)c3)CC2)C1. The van der Waals surface area contributed by atoms with Gasteiger partial charge in [-0.1, -0.05) is 24.3 Å². The Balaban J connectivity index is 0.873. The maximum atomic E-state index is 14.6. The summed E-state index contributed by atoms with van der Waals surface area (Å²) in [5.41, 5.74) is 5.76. The molecular weight excluding hydrogens is 873 g/mol. The average molecular weight is 931 g/mol. The summed E-state index contributed by atoms with van der Waals surface area (Å²) in [6.07, 6.45) is 9.93. The number of aromatic amines is 1. The number of anilines is 4. The molecule has 5 aliphatic heterocycles. The molecule has 0 bridgehead atoms. The van der Waals surface area contributed by atoms with E-state index in [1.807, 2.05) is 35.4 Å². The Morgan fingerprint density at radius 3 is 2.55 bits per heavy atom. The number of aryl methyl sites for hydroxylation is 1. The van der Waals surface area contributed by atoms with Crippen LogP contribution in [0.5, 0.6) is 5.88 Å². The fourth-order valence-electron chi connectivity index (χ4n) is 12.1. The van der Waals surface area contributed by atoms with Crippen molar-refractivity contribution in [2.24, 2.45) is 11.3 Å². The van der Waals surface area contributed by atoms with E-state index in [0.29, 0.717) is 61.9 Å². The number of hydrogen-bond donors (Lipinski definition) is 3.